The quantitative estimate of drug-likeness (QED) is 0.652. The third-order valence-corrected chi connectivity index (χ3v) is 7.08. The molecule has 0 amide bonds. The number of rotatable bonds is 3. The number of benzene rings is 1. The second-order valence-corrected chi connectivity index (χ2v) is 9.40. The van der Waals surface area contributed by atoms with Crippen molar-refractivity contribution in [3.05, 3.63) is 56.2 Å². The molecule has 0 saturated heterocycles. The fraction of sp³-hybridized carbons (Fsp3) is 0.542. The molecule has 1 aromatic carbocycles. The van der Waals surface area contributed by atoms with Crippen molar-refractivity contribution in [2.75, 3.05) is 11.4 Å². The van der Waals surface area contributed by atoms with E-state index in [1.54, 1.807) is 11.6 Å². The lowest BCUT2D eigenvalue weighted by Gasteiger charge is -2.40. The lowest BCUT2D eigenvalue weighted by molar-refractivity contribution is 0.354. The van der Waals surface area contributed by atoms with Gasteiger partial charge in [-0.25, -0.2) is 4.79 Å². The zero-order valence-corrected chi connectivity index (χ0v) is 18.7. The maximum atomic E-state index is 13.6. The van der Waals surface area contributed by atoms with Crippen molar-refractivity contribution in [1.82, 2.24) is 18.7 Å². The van der Waals surface area contributed by atoms with Gasteiger partial charge in [0.05, 0.1) is 6.54 Å². The number of hydrogen-bond donors (Lipinski definition) is 0. The molecule has 1 saturated carbocycles. The fourth-order valence-electron chi connectivity index (χ4n) is 5.34. The minimum absolute atomic E-state index is 0.238. The van der Waals surface area contributed by atoms with Crippen LogP contribution >= 0.6 is 0 Å². The van der Waals surface area contributed by atoms with Gasteiger partial charge in [-0.2, -0.15) is 4.98 Å². The summed E-state index contributed by atoms with van der Waals surface area (Å²) in [5, 5.41) is 0. The van der Waals surface area contributed by atoms with Crippen molar-refractivity contribution in [3.63, 3.8) is 0 Å². The number of fused-ring (bicyclic) bond motifs is 3. The standard InChI is InChI=1S/C24H31N5O2/c1-16-13-27(19-11-5-4-6-12-19)23-25-21-20(28(23)14-16)22(30)29(24(31)26(21)3)15-18-10-8-7-9-17(18)2/h7-10,16,19H,4-6,11-15H2,1-3H3/t16-/m1/s1. The Hall–Kier alpha value is -2.83. The highest BCUT2D eigenvalue weighted by atomic mass is 16.2. The van der Waals surface area contributed by atoms with E-state index in [1.165, 1.54) is 36.7 Å². The van der Waals surface area contributed by atoms with Crippen LogP contribution in [0.3, 0.4) is 0 Å². The van der Waals surface area contributed by atoms with Crippen LogP contribution in [0.25, 0.3) is 11.2 Å². The van der Waals surface area contributed by atoms with E-state index in [0.717, 1.165) is 30.2 Å². The molecule has 3 heterocycles. The van der Waals surface area contributed by atoms with Crippen LogP contribution in [-0.4, -0.2) is 31.3 Å². The maximum Gasteiger partial charge on any atom is 0.332 e. The Bertz CT molecular complexity index is 1250. The van der Waals surface area contributed by atoms with Gasteiger partial charge in [-0.05, 0) is 36.8 Å². The number of imidazole rings is 1. The summed E-state index contributed by atoms with van der Waals surface area (Å²) in [6.45, 7) is 6.23. The summed E-state index contributed by atoms with van der Waals surface area (Å²) in [4.78, 5) is 34.0. The summed E-state index contributed by atoms with van der Waals surface area (Å²) >= 11 is 0. The van der Waals surface area contributed by atoms with Crippen molar-refractivity contribution in [2.45, 2.75) is 65.1 Å². The van der Waals surface area contributed by atoms with E-state index in [2.05, 4.69) is 16.4 Å². The second-order valence-electron chi connectivity index (χ2n) is 9.40. The summed E-state index contributed by atoms with van der Waals surface area (Å²) in [6.07, 6.45) is 6.14. The Balaban J connectivity index is 1.68. The van der Waals surface area contributed by atoms with E-state index >= 15 is 0 Å². The molecule has 1 atom stereocenters. The number of anilines is 1. The predicted octanol–water partition coefficient (Wildman–Crippen LogP) is 3.04. The van der Waals surface area contributed by atoms with E-state index < -0.39 is 0 Å². The number of aryl methyl sites for hydroxylation is 2. The molecular formula is C24H31N5O2. The zero-order valence-electron chi connectivity index (χ0n) is 18.7. The first kappa shape index (κ1) is 20.1. The molecule has 0 unspecified atom stereocenters. The summed E-state index contributed by atoms with van der Waals surface area (Å²) in [7, 11) is 1.73. The van der Waals surface area contributed by atoms with Gasteiger partial charge in [0, 0.05) is 26.2 Å². The fourth-order valence-corrected chi connectivity index (χ4v) is 5.34. The largest absolute Gasteiger partial charge is 0.339 e. The first-order valence-electron chi connectivity index (χ1n) is 11.5. The SMILES string of the molecule is Cc1ccccc1Cn1c(=O)c2c(nc3n2C[C@H](C)CN3C2CCCCC2)n(C)c1=O. The topological polar surface area (TPSA) is 65.1 Å². The van der Waals surface area contributed by atoms with Crippen molar-refractivity contribution in [3.8, 4) is 0 Å². The Morgan fingerprint density at radius 3 is 2.55 bits per heavy atom. The van der Waals surface area contributed by atoms with Crippen LogP contribution < -0.4 is 16.1 Å². The van der Waals surface area contributed by atoms with Crippen LogP contribution in [-0.2, 0) is 20.1 Å². The van der Waals surface area contributed by atoms with E-state index in [-0.39, 0.29) is 17.8 Å². The zero-order chi connectivity index (χ0) is 21.7. The van der Waals surface area contributed by atoms with Crippen LogP contribution in [0.2, 0.25) is 0 Å². The van der Waals surface area contributed by atoms with Gasteiger partial charge in [0.25, 0.3) is 5.56 Å². The van der Waals surface area contributed by atoms with Crippen LogP contribution in [0.15, 0.2) is 33.9 Å². The first-order valence-corrected chi connectivity index (χ1v) is 11.5. The molecule has 31 heavy (non-hydrogen) atoms. The number of hydrogen-bond acceptors (Lipinski definition) is 4. The van der Waals surface area contributed by atoms with Gasteiger partial charge >= 0.3 is 5.69 Å². The van der Waals surface area contributed by atoms with Crippen molar-refractivity contribution in [2.24, 2.45) is 13.0 Å². The normalized spacial score (nSPS) is 19.7. The first-order chi connectivity index (χ1) is 15.0. The molecule has 0 spiro atoms. The monoisotopic (exact) mass is 421 g/mol. The molecule has 5 rings (SSSR count). The maximum absolute atomic E-state index is 13.6. The highest BCUT2D eigenvalue weighted by Gasteiger charge is 2.33. The Morgan fingerprint density at radius 2 is 1.81 bits per heavy atom. The highest BCUT2D eigenvalue weighted by molar-refractivity contribution is 5.75. The van der Waals surface area contributed by atoms with Crippen LogP contribution in [0, 0.1) is 12.8 Å². The molecule has 1 aliphatic heterocycles. The van der Waals surface area contributed by atoms with Gasteiger partial charge in [-0.1, -0.05) is 50.5 Å². The third kappa shape index (κ3) is 3.30. The molecule has 1 fully saturated rings. The average Bonchev–Trinajstić information content (AvgIpc) is 3.16. The minimum atomic E-state index is -0.312. The highest BCUT2D eigenvalue weighted by Crippen LogP contribution is 2.33. The molecule has 2 aliphatic rings. The van der Waals surface area contributed by atoms with Crippen molar-refractivity contribution < 1.29 is 0 Å². The summed E-state index contributed by atoms with van der Waals surface area (Å²) in [6, 6.07) is 8.37. The lowest BCUT2D eigenvalue weighted by atomic mass is 9.93. The Labute approximate surface area is 181 Å². The summed E-state index contributed by atoms with van der Waals surface area (Å²) in [5.74, 6) is 1.29. The Kier molecular flexibility index (Phi) is 4.99. The van der Waals surface area contributed by atoms with E-state index in [1.807, 2.05) is 31.2 Å². The predicted molar refractivity (Wildman–Crippen MR) is 123 cm³/mol. The molecule has 0 bridgehead atoms. The molecule has 164 valence electrons. The van der Waals surface area contributed by atoms with E-state index in [4.69, 9.17) is 4.98 Å². The van der Waals surface area contributed by atoms with Gasteiger partial charge < -0.3 is 9.47 Å². The molecule has 7 nitrogen and oxygen atoms in total. The van der Waals surface area contributed by atoms with Crippen molar-refractivity contribution in [1.29, 1.82) is 0 Å². The lowest BCUT2D eigenvalue weighted by Crippen LogP contribution is -2.45. The van der Waals surface area contributed by atoms with Crippen molar-refractivity contribution >= 4 is 17.1 Å². The van der Waals surface area contributed by atoms with Gasteiger partial charge in [0.1, 0.15) is 0 Å². The van der Waals surface area contributed by atoms with E-state index in [0.29, 0.717) is 23.1 Å². The molecule has 2 aromatic heterocycles. The molecular weight excluding hydrogens is 390 g/mol. The summed E-state index contributed by atoms with van der Waals surface area (Å²) in [5.41, 5.74) is 2.56. The second kappa shape index (κ2) is 7.70. The van der Waals surface area contributed by atoms with Crippen LogP contribution in [0.4, 0.5) is 5.95 Å². The number of nitrogens with zero attached hydrogens (tertiary/aromatic N) is 5. The minimum Gasteiger partial charge on any atom is -0.339 e. The molecule has 3 aromatic rings. The van der Waals surface area contributed by atoms with Gasteiger partial charge in [0.2, 0.25) is 5.95 Å². The average molecular weight is 422 g/mol. The third-order valence-electron chi connectivity index (χ3n) is 7.08. The van der Waals surface area contributed by atoms with Gasteiger partial charge in [-0.3, -0.25) is 13.9 Å². The summed E-state index contributed by atoms with van der Waals surface area (Å²) < 4.78 is 4.99. The molecule has 0 radical (unpaired) electrons. The van der Waals surface area contributed by atoms with Gasteiger partial charge in [0.15, 0.2) is 11.2 Å². The smallest absolute Gasteiger partial charge is 0.332 e. The van der Waals surface area contributed by atoms with Crippen LogP contribution in [0.5, 0.6) is 0 Å². The molecule has 7 heteroatoms. The molecule has 1 aliphatic carbocycles. The van der Waals surface area contributed by atoms with Gasteiger partial charge in [-0.15, -0.1) is 0 Å². The number of aromatic nitrogens is 4. The van der Waals surface area contributed by atoms with E-state index in [9.17, 15) is 9.59 Å². The van der Waals surface area contributed by atoms with Crippen LogP contribution in [0.1, 0.15) is 50.2 Å². The Morgan fingerprint density at radius 1 is 1.06 bits per heavy atom. The molecule has 0 N–H and O–H groups in total.